The summed E-state index contributed by atoms with van der Waals surface area (Å²) in [4.78, 5) is 23.9. The molecule has 3 atom stereocenters. The maximum atomic E-state index is 12.6. The number of methoxy groups -OCH3 is 1. The van der Waals surface area contributed by atoms with Crippen LogP contribution in [0.5, 0.6) is 5.88 Å². The molecule has 0 aliphatic carbocycles. The van der Waals surface area contributed by atoms with Crippen LogP contribution in [-0.4, -0.2) is 55.6 Å². The van der Waals surface area contributed by atoms with E-state index in [1.165, 1.54) is 7.11 Å². The fourth-order valence-electron chi connectivity index (χ4n) is 3.36. The Morgan fingerprint density at radius 2 is 1.95 bits per heavy atom. The van der Waals surface area contributed by atoms with Gasteiger partial charge in [-0.05, 0) is 31.4 Å². The fourth-order valence-corrected chi connectivity index (χ4v) is 6.37. The number of aromatic nitrogens is 4. The molecule has 0 saturated heterocycles. The molecule has 3 N–H and O–H groups in total. The van der Waals surface area contributed by atoms with Gasteiger partial charge in [0.25, 0.3) is 0 Å². The summed E-state index contributed by atoms with van der Waals surface area (Å²) < 4.78 is 36.2. The van der Waals surface area contributed by atoms with Crippen molar-refractivity contribution in [3.8, 4) is 5.88 Å². The van der Waals surface area contributed by atoms with E-state index in [0.29, 0.717) is 24.0 Å². The number of phosphoric ester groups is 1. The molecule has 3 unspecified atom stereocenters. The number of nitrogens with two attached hydrogens (primary N) is 1. The average Bonchev–Trinajstić information content (AvgIpc) is 3.28. The predicted molar refractivity (Wildman–Crippen MR) is 151 cm³/mol. The second kappa shape index (κ2) is 13.5. The minimum atomic E-state index is -4.28. The van der Waals surface area contributed by atoms with Crippen LogP contribution in [0.1, 0.15) is 52.8 Å². The van der Waals surface area contributed by atoms with Gasteiger partial charge in [-0.25, -0.2) is 9.55 Å². The van der Waals surface area contributed by atoms with E-state index in [0.717, 1.165) is 10.5 Å². The minimum absolute atomic E-state index is 0.0452. The van der Waals surface area contributed by atoms with Gasteiger partial charge in [0, 0.05) is 9.64 Å². The quantitative estimate of drug-likeness (QED) is 0.178. The van der Waals surface area contributed by atoms with Crippen LogP contribution in [0, 0.1) is 0 Å². The lowest BCUT2D eigenvalue weighted by molar-refractivity contribution is -0.0647. The van der Waals surface area contributed by atoms with Crippen molar-refractivity contribution in [1.29, 1.82) is 0 Å². The highest BCUT2D eigenvalue weighted by atomic mass is 33.1. The lowest BCUT2D eigenvalue weighted by atomic mass is 10.2. The van der Waals surface area contributed by atoms with Gasteiger partial charge >= 0.3 is 7.82 Å². The number of hydrogen-bond donors (Lipinski definition) is 2. The first-order chi connectivity index (χ1) is 17.9. The second-order valence-corrected chi connectivity index (χ2v) is 13.9. The summed E-state index contributed by atoms with van der Waals surface area (Å²) >= 11 is 0. The van der Waals surface area contributed by atoms with Crippen LogP contribution in [0.4, 0.5) is 5.95 Å². The van der Waals surface area contributed by atoms with Gasteiger partial charge in [0.2, 0.25) is 11.8 Å². The number of rotatable bonds is 14. The van der Waals surface area contributed by atoms with Crippen LogP contribution in [0.15, 0.2) is 35.5 Å². The van der Waals surface area contributed by atoms with Gasteiger partial charge in [-0.1, -0.05) is 67.5 Å². The van der Waals surface area contributed by atoms with Gasteiger partial charge in [-0.2, -0.15) is 9.97 Å². The van der Waals surface area contributed by atoms with Gasteiger partial charge < -0.3 is 20.1 Å². The van der Waals surface area contributed by atoms with Crippen LogP contribution in [0.2, 0.25) is 0 Å². The van der Waals surface area contributed by atoms with E-state index < -0.39 is 20.2 Å². The van der Waals surface area contributed by atoms with Gasteiger partial charge in [0.05, 0.1) is 32.8 Å². The third kappa shape index (κ3) is 8.84. The molecule has 2 heterocycles. The topological polar surface area (TPSA) is 144 Å². The zero-order valence-electron chi connectivity index (χ0n) is 22.5. The SMILES string of the molecule is CCC(COP(=O)(O)OCCc1ccccc1SSC(C)(C)C)OC(C)n1cnc2c(OC)nc(N)nc21. The fraction of sp³-hybridized carbons (Fsp3) is 0.542. The van der Waals surface area contributed by atoms with E-state index in [1.54, 1.807) is 39.4 Å². The summed E-state index contributed by atoms with van der Waals surface area (Å²) in [5, 5.41) is 0. The molecule has 14 heteroatoms. The van der Waals surface area contributed by atoms with Crippen LogP contribution < -0.4 is 10.5 Å². The van der Waals surface area contributed by atoms with Crippen LogP contribution in [0.3, 0.4) is 0 Å². The molecule has 0 fully saturated rings. The van der Waals surface area contributed by atoms with Gasteiger partial charge in [0.15, 0.2) is 11.2 Å². The molecule has 0 radical (unpaired) electrons. The summed E-state index contributed by atoms with van der Waals surface area (Å²) in [6.07, 6.45) is 1.56. The Balaban J connectivity index is 1.54. The van der Waals surface area contributed by atoms with Gasteiger partial charge in [0.1, 0.15) is 6.23 Å². The van der Waals surface area contributed by atoms with E-state index in [1.807, 2.05) is 31.2 Å². The molecule has 0 saturated carbocycles. The third-order valence-electron chi connectivity index (χ3n) is 5.24. The molecule has 0 aliphatic heterocycles. The summed E-state index contributed by atoms with van der Waals surface area (Å²) in [5.74, 6) is 0.313. The summed E-state index contributed by atoms with van der Waals surface area (Å²) in [7, 11) is 0.656. The normalized spacial score (nSPS) is 15.3. The number of nitrogens with zero attached hydrogens (tertiary/aromatic N) is 4. The molecule has 1 aromatic carbocycles. The second-order valence-electron chi connectivity index (χ2n) is 9.42. The van der Waals surface area contributed by atoms with Gasteiger partial charge in [-0.15, -0.1) is 0 Å². The zero-order valence-corrected chi connectivity index (χ0v) is 25.0. The van der Waals surface area contributed by atoms with E-state index in [-0.39, 0.29) is 29.8 Å². The van der Waals surface area contributed by atoms with Crippen molar-refractivity contribution in [3.63, 3.8) is 0 Å². The van der Waals surface area contributed by atoms with Crippen molar-refractivity contribution in [2.45, 2.75) is 69.4 Å². The molecule has 3 aromatic rings. The third-order valence-corrected chi connectivity index (χ3v) is 9.67. The van der Waals surface area contributed by atoms with Crippen LogP contribution in [0.25, 0.3) is 11.2 Å². The monoisotopic (exact) mass is 585 g/mol. The van der Waals surface area contributed by atoms with Crippen molar-refractivity contribution < 1.29 is 28.0 Å². The van der Waals surface area contributed by atoms with E-state index in [2.05, 4.69) is 35.7 Å². The number of benzene rings is 1. The van der Waals surface area contributed by atoms with Crippen molar-refractivity contribution in [2.75, 3.05) is 26.1 Å². The van der Waals surface area contributed by atoms with E-state index in [4.69, 9.17) is 24.3 Å². The molecule has 0 amide bonds. The maximum absolute atomic E-state index is 12.6. The number of phosphoric acid groups is 1. The lowest BCUT2D eigenvalue weighted by Crippen LogP contribution is -2.23. The summed E-state index contributed by atoms with van der Waals surface area (Å²) in [6, 6.07) is 7.96. The number of anilines is 1. The Hall–Kier alpha value is -1.86. The highest BCUT2D eigenvalue weighted by Crippen LogP contribution is 2.45. The molecular weight excluding hydrogens is 549 g/mol. The average molecular weight is 586 g/mol. The Morgan fingerprint density at radius 1 is 1.21 bits per heavy atom. The zero-order chi connectivity index (χ0) is 27.9. The molecule has 210 valence electrons. The number of hydrogen-bond acceptors (Lipinski definition) is 11. The smallest absolute Gasteiger partial charge is 0.472 e. The number of nitrogen functional groups attached to an aromatic ring is 1. The van der Waals surface area contributed by atoms with Gasteiger partial charge in [-0.3, -0.25) is 13.6 Å². The van der Waals surface area contributed by atoms with Crippen LogP contribution in [-0.2, 0) is 24.8 Å². The highest BCUT2D eigenvalue weighted by molar-refractivity contribution is 8.77. The largest absolute Gasteiger partial charge is 0.479 e. The first kappa shape index (κ1) is 30.7. The minimum Gasteiger partial charge on any atom is -0.479 e. The Kier molecular flexibility index (Phi) is 10.9. The number of imidazole rings is 1. The standard InChI is InChI=1S/C24H36N5O6PS2/c1-7-18(35-16(2)29-15-26-20-21(29)27-23(25)28-22(20)32-6)14-34-36(30,31)33-13-12-17-10-8-9-11-19(17)37-38-24(3,4)5/h8-11,15-16,18H,7,12-14H2,1-6H3,(H,30,31)(H2,25,27,28). The Morgan fingerprint density at radius 3 is 2.63 bits per heavy atom. The van der Waals surface area contributed by atoms with Crippen molar-refractivity contribution in [3.05, 3.63) is 36.2 Å². The van der Waals surface area contributed by atoms with E-state index >= 15 is 0 Å². The highest BCUT2D eigenvalue weighted by Gasteiger charge is 2.25. The molecule has 0 bridgehead atoms. The number of fused-ring (bicyclic) bond motifs is 1. The number of ether oxygens (including phenoxy) is 2. The summed E-state index contributed by atoms with van der Waals surface area (Å²) in [5.41, 5.74) is 7.74. The van der Waals surface area contributed by atoms with Crippen molar-refractivity contribution in [1.82, 2.24) is 19.5 Å². The molecule has 38 heavy (non-hydrogen) atoms. The lowest BCUT2D eigenvalue weighted by Gasteiger charge is -2.23. The molecule has 3 rings (SSSR count). The molecule has 0 aliphatic rings. The first-order valence-electron chi connectivity index (χ1n) is 12.2. The molecular formula is C24H36N5O6PS2. The first-order valence-corrected chi connectivity index (χ1v) is 15.8. The van der Waals surface area contributed by atoms with E-state index in [9.17, 15) is 9.46 Å². The summed E-state index contributed by atoms with van der Waals surface area (Å²) in [6.45, 7) is 10.1. The van der Waals surface area contributed by atoms with Crippen molar-refractivity contribution in [2.24, 2.45) is 0 Å². The molecule has 11 nitrogen and oxygen atoms in total. The maximum Gasteiger partial charge on any atom is 0.472 e. The Labute approximate surface area is 231 Å². The molecule has 0 spiro atoms. The van der Waals surface area contributed by atoms with Crippen LogP contribution >= 0.6 is 29.4 Å². The Bertz CT molecular complexity index is 1250. The van der Waals surface area contributed by atoms with Crippen molar-refractivity contribution >= 4 is 46.5 Å². The predicted octanol–water partition coefficient (Wildman–Crippen LogP) is 5.65. The molecule has 2 aromatic heterocycles.